The lowest BCUT2D eigenvalue weighted by molar-refractivity contribution is 0.683. The number of aromatic nitrogens is 2. The number of nitrogens with one attached hydrogen (secondary N) is 1. The normalized spacial score (nSPS) is 10.8. The van der Waals surface area contributed by atoms with Crippen LogP contribution in [-0.2, 0) is 13.5 Å². The third-order valence-corrected chi connectivity index (χ3v) is 2.96. The van der Waals surface area contributed by atoms with E-state index in [4.69, 9.17) is 0 Å². The number of rotatable bonds is 4. The van der Waals surface area contributed by atoms with Crippen LogP contribution in [0.4, 0.5) is 0 Å². The molecule has 0 saturated carbocycles. The molecule has 17 heavy (non-hydrogen) atoms. The second kappa shape index (κ2) is 5.15. The summed E-state index contributed by atoms with van der Waals surface area (Å²) >= 11 is 0. The van der Waals surface area contributed by atoms with Crippen molar-refractivity contribution in [1.82, 2.24) is 15.1 Å². The van der Waals surface area contributed by atoms with Crippen molar-refractivity contribution in [3.05, 3.63) is 41.6 Å². The third-order valence-electron chi connectivity index (χ3n) is 2.96. The largest absolute Gasteiger partial charge is 0.319 e. The summed E-state index contributed by atoms with van der Waals surface area (Å²) in [6.07, 6.45) is 1.01. The van der Waals surface area contributed by atoms with Crippen LogP contribution in [0.5, 0.6) is 0 Å². The van der Waals surface area contributed by atoms with Gasteiger partial charge in [0.1, 0.15) is 0 Å². The van der Waals surface area contributed by atoms with Crippen molar-refractivity contribution in [2.75, 3.05) is 13.6 Å². The first-order valence-electron chi connectivity index (χ1n) is 5.95. The second-order valence-corrected chi connectivity index (χ2v) is 4.36. The average molecular weight is 229 g/mol. The Bertz CT molecular complexity index is 483. The molecule has 0 atom stereocenters. The lowest BCUT2D eigenvalue weighted by atomic mass is 10.1. The lowest BCUT2D eigenvalue weighted by Gasteiger charge is -1.99. The summed E-state index contributed by atoms with van der Waals surface area (Å²) in [5, 5.41) is 7.71. The monoisotopic (exact) mass is 229 g/mol. The lowest BCUT2D eigenvalue weighted by Crippen LogP contribution is -2.12. The highest BCUT2D eigenvalue weighted by molar-refractivity contribution is 5.59. The summed E-state index contributed by atoms with van der Waals surface area (Å²) < 4.78 is 1.96. The maximum absolute atomic E-state index is 4.55. The van der Waals surface area contributed by atoms with Gasteiger partial charge in [-0.2, -0.15) is 5.10 Å². The van der Waals surface area contributed by atoms with Gasteiger partial charge in [-0.3, -0.25) is 4.68 Å². The quantitative estimate of drug-likeness (QED) is 0.870. The molecule has 0 aliphatic rings. The standard InChI is InChI=1S/C14H19N3/c1-11-4-6-12(7-5-11)14-10-13(8-9-15-2)17(3)16-14/h4-7,10,15H,8-9H2,1-3H3. The Morgan fingerprint density at radius 1 is 1.24 bits per heavy atom. The Morgan fingerprint density at radius 2 is 1.94 bits per heavy atom. The summed E-state index contributed by atoms with van der Waals surface area (Å²) in [6, 6.07) is 10.7. The van der Waals surface area contributed by atoms with Crippen LogP contribution in [0.15, 0.2) is 30.3 Å². The van der Waals surface area contributed by atoms with Crippen LogP contribution in [0, 0.1) is 6.92 Å². The maximum Gasteiger partial charge on any atom is 0.0925 e. The van der Waals surface area contributed by atoms with Crippen molar-refractivity contribution in [2.24, 2.45) is 7.05 Å². The number of likely N-dealkylation sites (N-methyl/N-ethyl adjacent to an activating group) is 1. The van der Waals surface area contributed by atoms with E-state index in [0.29, 0.717) is 0 Å². The second-order valence-electron chi connectivity index (χ2n) is 4.36. The molecule has 1 heterocycles. The van der Waals surface area contributed by atoms with E-state index in [1.165, 1.54) is 16.8 Å². The summed E-state index contributed by atoms with van der Waals surface area (Å²) in [6.45, 7) is 3.08. The van der Waals surface area contributed by atoms with Gasteiger partial charge in [0.05, 0.1) is 5.69 Å². The number of nitrogens with zero attached hydrogens (tertiary/aromatic N) is 2. The van der Waals surface area contributed by atoms with Crippen molar-refractivity contribution in [3.8, 4) is 11.3 Å². The first-order valence-corrected chi connectivity index (χ1v) is 5.95. The highest BCUT2D eigenvalue weighted by Gasteiger charge is 2.06. The molecule has 0 spiro atoms. The molecule has 0 bridgehead atoms. The molecule has 0 fully saturated rings. The van der Waals surface area contributed by atoms with Crippen LogP contribution < -0.4 is 5.32 Å². The summed E-state index contributed by atoms with van der Waals surface area (Å²) in [7, 11) is 3.97. The third kappa shape index (κ3) is 2.74. The molecule has 2 rings (SSSR count). The van der Waals surface area contributed by atoms with Gasteiger partial charge in [0.2, 0.25) is 0 Å². The number of hydrogen-bond acceptors (Lipinski definition) is 2. The van der Waals surface area contributed by atoms with Crippen molar-refractivity contribution < 1.29 is 0 Å². The Kier molecular flexibility index (Phi) is 3.59. The van der Waals surface area contributed by atoms with Gasteiger partial charge in [-0.1, -0.05) is 29.8 Å². The average Bonchev–Trinajstić information content (AvgIpc) is 2.69. The zero-order valence-electron chi connectivity index (χ0n) is 10.7. The highest BCUT2D eigenvalue weighted by Crippen LogP contribution is 2.19. The van der Waals surface area contributed by atoms with Crippen molar-refractivity contribution in [2.45, 2.75) is 13.3 Å². The first kappa shape index (κ1) is 11.9. The minimum absolute atomic E-state index is 0.979. The van der Waals surface area contributed by atoms with E-state index < -0.39 is 0 Å². The van der Waals surface area contributed by atoms with Crippen molar-refractivity contribution >= 4 is 0 Å². The van der Waals surface area contributed by atoms with Crippen LogP contribution in [0.3, 0.4) is 0 Å². The molecular weight excluding hydrogens is 210 g/mol. The Hall–Kier alpha value is -1.61. The van der Waals surface area contributed by atoms with E-state index >= 15 is 0 Å². The van der Waals surface area contributed by atoms with E-state index in [1.54, 1.807) is 0 Å². The Balaban J connectivity index is 2.24. The SMILES string of the molecule is CNCCc1cc(-c2ccc(C)cc2)nn1C. The summed E-state index contributed by atoms with van der Waals surface area (Å²) in [5.74, 6) is 0. The predicted molar refractivity (Wildman–Crippen MR) is 71.0 cm³/mol. The van der Waals surface area contributed by atoms with Crippen LogP contribution in [0.1, 0.15) is 11.3 Å². The fourth-order valence-electron chi connectivity index (χ4n) is 1.86. The van der Waals surface area contributed by atoms with E-state index in [1.807, 2.05) is 18.8 Å². The predicted octanol–water partition coefficient (Wildman–Crippen LogP) is 2.16. The Labute approximate surface area is 102 Å². The fraction of sp³-hybridized carbons (Fsp3) is 0.357. The molecule has 0 amide bonds. The molecule has 0 radical (unpaired) electrons. The van der Waals surface area contributed by atoms with E-state index in [9.17, 15) is 0 Å². The van der Waals surface area contributed by atoms with Gasteiger partial charge in [-0.15, -0.1) is 0 Å². The van der Waals surface area contributed by atoms with Crippen LogP contribution in [0.2, 0.25) is 0 Å². The van der Waals surface area contributed by atoms with E-state index in [-0.39, 0.29) is 0 Å². The molecule has 1 N–H and O–H groups in total. The number of aryl methyl sites for hydroxylation is 2. The summed E-state index contributed by atoms with van der Waals surface area (Å²) in [4.78, 5) is 0. The first-order chi connectivity index (χ1) is 8.20. The highest BCUT2D eigenvalue weighted by atomic mass is 15.3. The molecular formula is C14H19N3. The van der Waals surface area contributed by atoms with Crippen LogP contribution in [0.25, 0.3) is 11.3 Å². The molecule has 0 unspecified atom stereocenters. The molecule has 0 aliphatic heterocycles. The van der Waals surface area contributed by atoms with Crippen molar-refractivity contribution in [1.29, 1.82) is 0 Å². The number of benzene rings is 1. The maximum atomic E-state index is 4.55. The minimum atomic E-state index is 0.979. The molecule has 90 valence electrons. The van der Waals surface area contributed by atoms with Gasteiger partial charge < -0.3 is 5.32 Å². The molecule has 0 saturated heterocycles. The van der Waals surface area contributed by atoms with Gasteiger partial charge >= 0.3 is 0 Å². The fourth-order valence-corrected chi connectivity index (χ4v) is 1.86. The van der Waals surface area contributed by atoms with Gasteiger partial charge in [-0.25, -0.2) is 0 Å². The zero-order chi connectivity index (χ0) is 12.3. The van der Waals surface area contributed by atoms with Crippen molar-refractivity contribution in [3.63, 3.8) is 0 Å². The number of hydrogen-bond donors (Lipinski definition) is 1. The molecule has 3 nitrogen and oxygen atoms in total. The zero-order valence-corrected chi connectivity index (χ0v) is 10.7. The van der Waals surface area contributed by atoms with E-state index in [2.05, 4.69) is 47.7 Å². The molecule has 0 aliphatic carbocycles. The molecule has 3 heteroatoms. The smallest absolute Gasteiger partial charge is 0.0925 e. The molecule has 1 aromatic carbocycles. The molecule has 1 aromatic heterocycles. The van der Waals surface area contributed by atoms with Gasteiger partial charge in [0.15, 0.2) is 0 Å². The Morgan fingerprint density at radius 3 is 2.59 bits per heavy atom. The van der Waals surface area contributed by atoms with Crippen LogP contribution >= 0.6 is 0 Å². The molecule has 2 aromatic rings. The van der Waals surface area contributed by atoms with Gasteiger partial charge in [0, 0.05) is 31.3 Å². The van der Waals surface area contributed by atoms with E-state index in [0.717, 1.165) is 18.7 Å². The minimum Gasteiger partial charge on any atom is -0.319 e. The topological polar surface area (TPSA) is 29.9 Å². The van der Waals surface area contributed by atoms with Gasteiger partial charge in [0.25, 0.3) is 0 Å². The van der Waals surface area contributed by atoms with Gasteiger partial charge in [-0.05, 0) is 20.0 Å². The summed E-state index contributed by atoms with van der Waals surface area (Å²) in [5.41, 5.74) is 4.77. The van der Waals surface area contributed by atoms with Crippen LogP contribution in [-0.4, -0.2) is 23.4 Å².